The zero-order valence-electron chi connectivity index (χ0n) is 8.67. The Hall–Kier alpha value is -1.43. The fourth-order valence-electron chi connectivity index (χ4n) is 1.90. The van der Waals surface area contributed by atoms with E-state index in [0.717, 1.165) is 12.8 Å². The molecule has 1 aliphatic rings. The van der Waals surface area contributed by atoms with Crippen LogP contribution in [-0.4, -0.2) is 9.55 Å². The van der Waals surface area contributed by atoms with Gasteiger partial charge >= 0.3 is 5.69 Å². The van der Waals surface area contributed by atoms with Crippen molar-refractivity contribution in [2.24, 2.45) is 0 Å². The van der Waals surface area contributed by atoms with Crippen LogP contribution >= 0.6 is 15.9 Å². The fraction of sp³-hybridized carbons (Fsp3) is 0.273. The van der Waals surface area contributed by atoms with Crippen molar-refractivity contribution in [1.82, 2.24) is 9.55 Å². The summed E-state index contributed by atoms with van der Waals surface area (Å²) in [5, 5.41) is 0.324. The van der Waals surface area contributed by atoms with Gasteiger partial charge in [-0.3, -0.25) is 9.36 Å². The summed E-state index contributed by atoms with van der Waals surface area (Å²) in [6.45, 7) is 0. The second kappa shape index (κ2) is 3.53. The van der Waals surface area contributed by atoms with Gasteiger partial charge < -0.3 is 4.98 Å². The van der Waals surface area contributed by atoms with E-state index in [1.54, 1.807) is 0 Å². The van der Waals surface area contributed by atoms with Crippen LogP contribution in [0.4, 0.5) is 4.39 Å². The lowest BCUT2D eigenvalue weighted by Gasteiger charge is -2.06. The van der Waals surface area contributed by atoms with Crippen LogP contribution in [0.25, 0.3) is 10.9 Å². The Labute approximate surface area is 103 Å². The van der Waals surface area contributed by atoms with Gasteiger partial charge in [0.25, 0.3) is 5.56 Å². The zero-order chi connectivity index (χ0) is 12.2. The van der Waals surface area contributed by atoms with E-state index < -0.39 is 11.5 Å². The number of aromatic amines is 1. The standard InChI is InChI=1S/C11H8BrFN2O2/c12-8-7(13)4-3-6-9(8)14-11(17)15(10(6)16)5-1-2-5/h3-5H,1-2H2,(H,14,17). The summed E-state index contributed by atoms with van der Waals surface area (Å²) in [7, 11) is 0. The molecule has 0 unspecified atom stereocenters. The van der Waals surface area contributed by atoms with Gasteiger partial charge in [0, 0.05) is 6.04 Å². The molecule has 1 heterocycles. The lowest BCUT2D eigenvalue weighted by molar-refractivity contribution is 0.621. The number of hydrogen-bond donors (Lipinski definition) is 1. The maximum Gasteiger partial charge on any atom is 0.329 e. The molecule has 4 nitrogen and oxygen atoms in total. The fourth-order valence-corrected chi connectivity index (χ4v) is 2.35. The van der Waals surface area contributed by atoms with Crippen LogP contribution in [0.5, 0.6) is 0 Å². The molecule has 0 bridgehead atoms. The predicted octanol–water partition coefficient (Wildman–Crippen LogP) is 1.93. The molecule has 0 aliphatic heterocycles. The second-order valence-corrected chi connectivity index (χ2v) is 4.91. The maximum atomic E-state index is 13.3. The highest BCUT2D eigenvalue weighted by Gasteiger charge is 2.27. The van der Waals surface area contributed by atoms with Crippen LogP contribution < -0.4 is 11.2 Å². The minimum absolute atomic E-state index is 0.000483. The average molecular weight is 299 g/mol. The van der Waals surface area contributed by atoms with Crippen molar-refractivity contribution in [2.75, 3.05) is 0 Å². The van der Waals surface area contributed by atoms with Gasteiger partial charge in [0.1, 0.15) is 5.82 Å². The minimum Gasteiger partial charge on any atom is -0.305 e. The first-order valence-electron chi connectivity index (χ1n) is 5.22. The van der Waals surface area contributed by atoms with Crippen molar-refractivity contribution >= 4 is 26.8 Å². The largest absolute Gasteiger partial charge is 0.329 e. The first-order valence-corrected chi connectivity index (χ1v) is 6.01. The Morgan fingerprint density at radius 1 is 1.35 bits per heavy atom. The van der Waals surface area contributed by atoms with E-state index in [2.05, 4.69) is 20.9 Å². The molecule has 0 spiro atoms. The minimum atomic E-state index is -0.503. The number of H-pyrrole nitrogens is 1. The Morgan fingerprint density at radius 2 is 2.06 bits per heavy atom. The van der Waals surface area contributed by atoms with Crippen molar-refractivity contribution < 1.29 is 4.39 Å². The molecule has 1 N–H and O–H groups in total. The van der Waals surface area contributed by atoms with Crippen LogP contribution in [0.15, 0.2) is 26.2 Å². The third-order valence-electron chi connectivity index (χ3n) is 2.91. The monoisotopic (exact) mass is 298 g/mol. The van der Waals surface area contributed by atoms with E-state index in [-0.39, 0.29) is 21.6 Å². The number of hydrogen-bond acceptors (Lipinski definition) is 2. The van der Waals surface area contributed by atoms with Gasteiger partial charge in [-0.15, -0.1) is 0 Å². The Bertz CT molecular complexity index is 731. The Morgan fingerprint density at radius 3 is 2.71 bits per heavy atom. The SMILES string of the molecule is O=c1[nH]c2c(Br)c(F)ccc2c(=O)n1C1CC1. The summed E-state index contributed by atoms with van der Waals surface area (Å²) in [5.41, 5.74) is -0.611. The lowest BCUT2D eigenvalue weighted by atomic mass is 10.2. The topological polar surface area (TPSA) is 54.9 Å². The molecule has 1 fully saturated rings. The van der Waals surface area contributed by atoms with Gasteiger partial charge in [-0.1, -0.05) is 0 Å². The highest BCUT2D eigenvalue weighted by atomic mass is 79.9. The molecule has 1 aromatic heterocycles. The van der Waals surface area contributed by atoms with Crippen LogP contribution in [0.2, 0.25) is 0 Å². The van der Waals surface area contributed by atoms with Gasteiger partial charge in [-0.05, 0) is 40.9 Å². The summed E-state index contributed by atoms with van der Waals surface area (Å²) in [6, 6.07) is 2.61. The van der Waals surface area contributed by atoms with Gasteiger partial charge in [0.2, 0.25) is 0 Å². The number of benzene rings is 1. The molecule has 17 heavy (non-hydrogen) atoms. The molecule has 1 aromatic carbocycles. The first kappa shape index (κ1) is 10.7. The Balaban J connectivity index is 2.48. The van der Waals surface area contributed by atoms with E-state index in [4.69, 9.17) is 0 Å². The Kier molecular flexibility index (Phi) is 2.22. The van der Waals surface area contributed by atoms with E-state index >= 15 is 0 Å². The summed E-state index contributed by atoms with van der Waals surface area (Å²) in [6.07, 6.45) is 1.69. The van der Waals surface area contributed by atoms with E-state index in [1.165, 1.54) is 16.7 Å². The number of rotatable bonds is 1. The van der Waals surface area contributed by atoms with E-state index in [1.807, 2.05) is 0 Å². The quantitative estimate of drug-likeness (QED) is 0.874. The molecule has 6 heteroatoms. The second-order valence-electron chi connectivity index (χ2n) is 4.12. The highest BCUT2D eigenvalue weighted by molar-refractivity contribution is 9.10. The van der Waals surface area contributed by atoms with Crippen LogP contribution in [0.3, 0.4) is 0 Å². The first-order chi connectivity index (χ1) is 8.09. The number of halogens is 2. The molecule has 1 saturated carbocycles. The van der Waals surface area contributed by atoms with Gasteiger partial charge in [0.05, 0.1) is 15.4 Å². The molecule has 2 aromatic rings. The predicted molar refractivity (Wildman–Crippen MR) is 64.8 cm³/mol. The zero-order valence-corrected chi connectivity index (χ0v) is 10.3. The number of nitrogens with one attached hydrogen (secondary N) is 1. The molecular weight excluding hydrogens is 291 g/mol. The molecular formula is C11H8BrFN2O2. The third kappa shape index (κ3) is 1.55. The van der Waals surface area contributed by atoms with E-state index in [9.17, 15) is 14.0 Å². The summed E-state index contributed by atoms with van der Waals surface area (Å²) in [4.78, 5) is 26.4. The molecule has 88 valence electrons. The molecule has 0 atom stereocenters. The molecule has 3 rings (SSSR count). The lowest BCUT2D eigenvalue weighted by Crippen LogP contribution is -2.34. The number of fused-ring (bicyclic) bond motifs is 1. The van der Waals surface area contributed by atoms with Crippen LogP contribution in [0, 0.1) is 5.82 Å². The van der Waals surface area contributed by atoms with E-state index in [0.29, 0.717) is 5.39 Å². The maximum absolute atomic E-state index is 13.3. The van der Waals surface area contributed by atoms with Crippen LogP contribution in [-0.2, 0) is 0 Å². The summed E-state index contributed by atoms with van der Waals surface area (Å²) in [5.74, 6) is -0.503. The van der Waals surface area contributed by atoms with Crippen molar-refractivity contribution in [1.29, 1.82) is 0 Å². The smallest absolute Gasteiger partial charge is 0.305 e. The van der Waals surface area contributed by atoms with Gasteiger partial charge in [0.15, 0.2) is 0 Å². The molecule has 0 saturated heterocycles. The third-order valence-corrected chi connectivity index (χ3v) is 3.68. The van der Waals surface area contributed by atoms with Crippen LogP contribution in [0.1, 0.15) is 18.9 Å². The van der Waals surface area contributed by atoms with Crippen molar-refractivity contribution in [3.05, 3.63) is 43.3 Å². The number of aromatic nitrogens is 2. The molecule has 1 aliphatic carbocycles. The summed E-state index contributed by atoms with van der Waals surface area (Å²) >= 11 is 3.03. The number of nitrogens with zero attached hydrogens (tertiary/aromatic N) is 1. The highest BCUT2D eigenvalue weighted by Crippen LogP contribution is 2.32. The normalized spacial score (nSPS) is 15.4. The van der Waals surface area contributed by atoms with Crippen molar-refractivity contribution in [3.63, 3.8) is 0 Å². The van der Waals surface area contributed by atoms with Gasteiger partial charge in [-0.25, -0.2) is 9.18 Å². The van der Waals surface area contributed by atoms with Crippen molar-refractivity contribution in [3.8, 4) is 0 Å². The van der Waals surface area contributed by atoms with Gasteiger partial charge in [-0.2, -0.15) is 0 Å². The summed E-state index contributed by atoms with van der Waals surface area (Å²) < 4.78 is 14.6. The molecule has 0 radical (unpaired) electrons. The van der Waals surface area contributed by atoms with Crippen molar-refractivity contribution in [2.45, 2.75) is 18.9 Å². The molecule has 0 amide bonds. The average Bonchev–Trinajstić information content (AvgIpc) is 3.08.